The third kappa shape index (κ3) is 4.20. The van der Waals surface area contributed by atoms with Crippen molar-refractivity contribution in [1.82, 2.24) is 10.3 Å². The summed E-state index contributed by atoms with van der Waals surface area (Å²) in [7, 11) is 0. The lowest BCUT2D eigenvalue weighted by Crippen LogP contribution is -2.38. The second kappa shape index (κ2) is 6.96. The van der Waals surface area contributed by atoms with Crippen molar-refractivity contribution in [3.8, 4) is 11.5 Å². The van der Waals surface area contributed by atoms with Crippen LogP contribution in [0.15, 0.2) is 41.0 Å². The Bertz CT molecular complexity index is 645. The average molecular weight is 314 g/mol. The number of aliphatic hydroxyl groups is 1. The first-order valence-corrected chi connectivity index (χ1v) is 8.14. The molecule has 1 aliphatic rings. The molecule has 1 aromatic heterocycles. The van der Waals surface area contributed by atoms with Gasteiger partial charge in [-0.15, -0.1) is 0 Å². The number of amides is 1. The van der Waals surface area contributed by atoms with E-state index in [1.807, 2.05) is 30.3 Å². The predicted molar refractivity (Wildman–Crippen MR) is 86.4 cm³/mol. The van der Waals surface area contributed by atoms with Crippen LogP contribution in [0.3, 0.4) is 0 Å². The van der Waals surface area contributed by atoms with Crippen LogP contribution in [0.25, 0.3) is 11.5 Å². The fourth-order valence-corrected chi connectivity index (χ4v) is 3.04. The van der Waals surface area contributed by atoms with E-state index in [9.17, 15) is 9.90 Å². The minimum atomic E-state index is -0.832. The third-order valence-corrected chi connectivity index (χ3v) is 4.31. The molecular weight excluding hydrogens is 292 g/mol. The van der Waals surface area contributed by atoms with Gasteiger partial charge in [0.1, 0.15) is 6.26 Å². The van der Waals surface area contributed by atoms with Gasteiger partial charge in [0.2, 0.25) is 11.8 Å². The molecule has 5 heteroatoms. The number of carbonyl (C=O) groups excluding carboxylic acids is 1. The second-order valence-corrected chi connectivity index (χ2v) is 6.25. The quantitative estimate of drug-likeness (QED) is 0.889. The summed E-state index contributed by atoms with van der Waals surface area (Å²) in [6.07, 6.45) is 6.27. The molecule has 1 fully saturated rings. The van der Waals surface area contributed by atoms with Crippen molar-refractivity contribution in [1.29, 1.82) is 0 Å². The topological polar surface area (TPSA) is 75.4 Å². The fourth-order valence-electron chi connectivity index (χ4n) is 3.04. The first-order valence-electron chi connectivity index (χ1n) is 8.14. The molecule has 3 rings (SSSR count). The molecule has 122 valence electrons. The molecule has 0 spiro atoms. The minimum Gasteiger partial charge on any atom is -0.444 e. The number of aromatic nitrogens is 1. The molecule has 0 unspecified atom stereocenters. The van der Waals surface area contributed by atoms with Crippen LogP contribution in [0.1, 0.15) is 44.2 Å². The number of carbonyl (C=O) groups is 1. The zero-order valence-electron chi connectivity index (χ0n) is 13.1. The Labute approximate surface area is 135 Å². The summed E-state index contributed by atoms with van der Waals surface area (Å²) >= 11 is 0. The molecule has 0 bridgehead atoms. The monoisotopic (exact) mass is 314 g/mol. The van der Waals surface area contributed by atoms with Crippen molar-refractivity contribution in [2.75, 3.05) is 0 Å². The Balaban J connectivity index is 1.52. The van der Waals surface area contributed by atoms with Gasteiger partial charge in [-0.1, -0.05) is 37.5 Å². The summed E-state index contributed by atoms with van der Waals surface area (Å²) in [4.78, 5) is 16.4. The van der Waals surface area contributed by atoms with Gasteiger partial charge < -0.3 is 14.8 Å². The molecule has 1 saturated carbocycles. The molecule has 0 atom stereocenters. The highest BCUT2D eigenvalue weighted by Crippen LogP contribution is 2.30. The summed E-state index contributed by atoms with van der Waals surface area (Å²) in [5.74, 6) is 0.402. The Kier molecular flexibility index (Phi) is 4.76. The van der Waals surface area contributed by atoms with E-state index in [0.717, 1.165) is 24.8 Å². The van der Waals surface area contributed by atoms with Crippen LogP contribution < -0.4 is 5.32 Å². The molecule has 2 N–H and O–H groups in total. The van der Waals surface area contributed by atoms with Crippen LogP contribution >= 0.6 is 0 Å². The highest BCUT2D eigenvalue weighted by molar-refractivity contribution is 5.77. The average Bonchev–Trinajstić information content (AvgIpc) is 3.03. The maximum atomic E-state index is 12.0. The first kappa shape index (κ1) is 15.7. The highest BCUT2D eigenvalue weighted by atomic mass is 16.3. The van der Waals surface area contributed by atoms with Gasteiger partial charge in [0.15, 0.2) is 0 Å². The molecule has 0 radical (unpaired) electrons. The third-order valence-electron chi connectivity index (χ3n) is 4.31. The summed E-state index contributed by atoms with van der Waals surface area (Å²) in [5.41, 5.74) is 0.746. The summed E-state index contributed by atoms with van der Waals surface area (Å²) in [6, 6.07) is 9.63. The van der Waals surface area contributed by atoms with E-state index < -0.39 is 5.60 Å². The van der Waals surface area contributed by atoms with Crippen LogP contribution in [0, 0.1) is 0 Å². The van der Waals surface area contributed by atoms with Crippen LogP contribution in [0.2, 0.25) is 0 Å². The standard InChI is InChI=1S/C18H22N2O3/c21-16(11-18(22)9-5-2-6-10-18)19-12-15-13-23-17(20-15)14-7-3-1-4-8-14/h1,3-4,7-8,13,22H,2,5-6,9-12H2,(H,19,21). The van der Waals surface area contributed by atoms with Gasteiger partial charge in [-0.05, 0) is 25.0 Å². The van der Waals surface area contributed by atoms with E-state index in [0.29, 0.717) is 31.0 Å². The highest BCUT2D eigenvalue weighted by Gasteiger charge is 2.31. The number of hydrogen-bond donors (Lipinski definition) is 2. The van der Waals surface area contributed by atoms with Crippen molar-refractivity contribution >= 4 is 5.91 Å². The molecular formula is C18H22N2O3. The van der Waals surface area contributed by atoms with Gasteiger partial charge in [-0.25, -0.2) is 4.98 Å². The van der Waals surface area contributed by atoms with Crippen LogP contribution in [-0.4, -0.2) is 21.6 Å². The van der Waals surface area contributed by atoms with Crippen LogP contribution in [0.5, 0.6) is 0 Å². The summed E-state index contributed by atoms with van der Waals surface area (Å²) < 4.78 is 5.44. The number of hydrogen-bond acceptors (Lipinski definition) is 4. The van der Waals surface area contributed by atoms with E-state index in [2.05, 4.69) is 10.3 Å². The largest absolute Gasteiger partial charge is 0.444 e. The lowest BCUT2D eigenvalue weighted by molar-refractivity contribution is -0.127. The van der Waals surface area contributed by atoms with E-state index in [1.165, 1.54) is 0 Å². The lowest BCUT2D eigenvalue weighted by atomic mass is 9.82. The van der Waals surface area contributed by atoms with Gasteiger partial charge in [-0.3, -0.25) is 4.79 Å². The van der Waals surface area contributed by atoms with Gasteiger partial charge >= 0.3 is 0 Å². The predicted octanol–water partition coefficient (Wildman–Crippen LogP) is 3.04. The van der Waals surface area contributed by atoms with Crippen molar-refractivity contribution in [3.05, 3.63) is 42.3 Å². The molecule has 2 aromatic rings. The van der Waals surface area contributed by atoms with E-state index >= 15 is 0 Å². The van der Waals surface area contributed by atoms with Crippen LogP contribution in [-0.2, 0) is 11.3 Å². The molecule has 0 saturated heterocycles. The number of rotatable bonds is 5. The maximum Gasteiger partial charge on any atom is 0.226 e. The molecule has 1 aliphatic carbocycles. The van der Waals surface area contributed by atoms with Crippen molar-refractivity contribution in [2.24, 2.45) is 0 Å². The van der Waals surface area contributed by atoms with Gasteiger partial charge in [-0.2, -0.15) is 0 Å². The van der Waals surface area contributed by atoms with Crippen molar-refractivity contribution in [2.45, 2.75) is 50.7 Å². The van der Waals surface area contributed by atoms with E-state index in [-0.39, 0.29) is 12.3 Å². The lowest BCUT2D eigenvalue weighted by Gasteiger charge is -2.31. The van der Waals surface area contributed by atoms with Gasteiger partial charge in [0.25, 0.3) is 0 Å². The number of nitrogens with zero attached hydrogens (tertiary/aromatic N) is 1. The Morgan fingerprint density at radius 1 is 1.22 bits per heavy atom. The second-order valence-electron chi connectivity index (χ2n) is 6.25. The summed E-state index contributed by atoms with van der Waals surface area (Å²) in [5, 5.41) is 13.2. The first-order chi connectivity index (χ1) is 11.1. The Hall–Kier alpha value is -2.14. The molecule has 1 heterocycles. The Morgan fingerprint density at radius 2 is 1.96 bits per heavy atom. The van der Waals surface area contributed by atoms with Crippen LogP contribution in [0.4, 0.5) is 0 Å². The van der Waals surface area contributed by atoms with Gasteiger partial charge in [0, 0.05) is 5.56 Å². The maximum absolute atomic E-state index is 12.0. The number of nitrogens with one attached hydrogen (secondary N) is 1. The zero-order valence-corrected chi connectivity index (χ0v) is 13.1. The Morgan fingerprint density at radius 3 is 2.70 bits per heavy atom. The van der Waals surface area contributed by atoms with E-state index in [1.54, 1.807) is 6.26 Å². The molecule has 1 aromatic carbocycles. The normalized spacial score (nSPS) is 16.9. The van der Waals surface area contributed by atoms with Crippen molar-refractivity contribution < 1.29 is 14.3 Å². The molecule has 23 heavy (non-hydrogen) atoms. The molecule has 5 nitrogen and oxygen atoms in total. The number of oxazole rings is 1. The SMILES string of the molecule is O=C(CC1(O)CCCCC1)NCc1coc(-c2ccccc2)n1. The minimum absolute atomic E-state index is 0.140. The van der Waals surface area contributed by atoms with E-state index in [4.69, 9.17) is 4.42 Å². The van der Waals surface area contributed by atoms with Gasteiger partial charge in [0.05, 0.1) is 24.3 Å². The van der Waals surface area contributed by atoms with Crippen molar-refractivity contribution in [3.63, 3.8) is 0 Å². The molecule has 1 amide bonds. The summed E-state index contributed by atoms with van der Waals surface area (Å²) in [6.45, 7) is 0.311. The number of benzene rings is 1. The molecule has 0 aliphatic heterocycles. The zero-order chi connectivity index (χ0) is 16.1. The smallest absolute Gasteiger partial charge is 0.226 e. The fraction of sp³-hybridized carbons (Fsp3) is 0.444.